The second-order valence-corrected chi connectivity index (χ2v) is 9.68. The lowest BCUT2D eigenvalue weighted by atomic mass is 9.87. The van der Waals surface area contributed by atoms with Gasteiger partial charge in [0.1, 0.15) is 5.54 Å². The Hall–Kier alpha value is -2.42. The van der Waals surface area contributed by atoms with Gasteiger partial charge in [0, 0.05) is 44.0 Å². The summed E-state index contributed by atoms with van der Waals surface area (Å²) in [7, 11) is 0. The number of piperidine rings is 2. The van der Waals surface area contributed by atoms with Gasteiger partial charge in [-0.2, -0.15) is 5.10 Å². The molecule has 0 bridgehead atoms. The van der Waals surface area contributed by atoms with Crippen LogP contribution in [0.15, 0.2) is 0 Å². The van der Waals surface area contributed by atoms with E-state index < -0.39 is 5.54 Å². The molecule has 0 saturated carbocycles. The second-order valence-electron chi connectivity index (χ2n) is 9.68. The maximum absolute atomic E-state index is 13.2. The van der Waals surface area contributed by atoms with Gasteiger partial charge in [-0.25, -0.2) is 4.79 Å². The molecule has 0 aromatic carbocycles. The third-order valence-electron chi connectivity index (χ3n) is 7.51. The molecule has 3 aliphatic heterocycles. The Morgan fingerprint density at radius 1 is 1.12 bits per heavy atom. The van der Waals surface area contributed by atoms with Crippen molar-refractivity contribution in [3.05, 3.63) is 17.0 Å². The summed E-state index contributed by atoms with van der Waals surface area (Å²) in [5.74, 6) is 0.299. The van der Waals surface area contributed by atoms with Crippen molar-refractivity contribution in [1.29, 1.82) is 0 Å². The summed E-state index contributed by atoms with van der Waals surface area (Å²) >= 11 is 0. The molecule has 4 amide bonds. The number of H-pyrrole nitrogens is 1. The van der Waals surface area contributed by atoms with Gasteiger partial charge in [0.2, 0.25) is 5.91 Å². The normalized spacial score (nSPS) is 22.1. The van der Waals surface area contributed by atoms with Crippen molar-refractivity contribution in [2.24, 2.45) is 5.92 Å². The highest BCUT2D eigenvalue weighted by Crippen LogP contribution is 2.31. The lowest BCUT2D eigenvalue weighted by Crippen LogP contribution is -2.55. The fraction of sp³-hybridized carbons (Fsp3) is 0.739. The van der Waals surface area contributed by atoms with Crippen LogP contribution in [0.3, 0.4) is 0 Å². The molecule has 0 radical (unpaired) electrons. The maximum Gasteiger partial charge on any atom is 0.325 e. The molecule has 1 aromatic rings. The Morgan fingerprint density at radius 2 is 1.81 bits per heavy atom. The van der Waals surface area contributed by atoms with E-state index in [4.69, 9.17) is 0 Å². The van der Waals surface area contributed by atoms with Crippen molar-refractivity contribution >= 4 is 17.8 Å². The standard InChI is InChI=1S/C23H36N6O3/c1-4-9-27-12-7-23(8-13-27)21(31)29(22(32)24-23)15-18-5-10-28(11-6-18)20(30)14-19-16(2)25-26-17(19)3/h18H,4-15H2,1-3H3,(H,24,32)(H,25,26). The lowest BCUT2D eigenvalue weighted by Gasteiger charge is -2.37. The quantitative estimate of drug-likeness (QED) is 0.649. The van der Waals surface area contributed by atoms with Gasteiger partial charge < -0.3 is 15.1 Å². The lowest BCUT2D eigenvalue weighted by molar-refractivity contribution is -0.135. The molecule has 0 aliphatic carbocycles. The summed E-state index contributed by atoms with van der Waals surface area (Å²) in [6, 6.07) is -0.247. The molecule has 9 heteroatoms. The topological polar surface area (TPSA) is 102 Å². The van der Waals surface area contributed by atoms with Crippen molar-refractivity contribution in [3.63, 3.8) is 0 Å². The summed E-state index contributed by atoms with van der Waals surface area (Å²) in [5, 5.41) is 10.1. The molecule has 0 atom stereocenters. The Balaban J connectivity index is 1.28. The van der Waals surface area contributed by atoms with Crippen LogP contribution in [-0.4, -0.2) is 87.6 Å². The van der Waals surface area contributed by atoms with Gasteiger partial charge in [0.25, 0.3) is 5.91 Å². The summed E-state index contributed by atoms with van der Waals surface area (Å²) < 4.78 is 0. The van der Waals surface area contributed by atoms with Gasteiger partial charge in [0.15, 0.2) is 0 Å². The van der Waals surface area contributed by atoms with Gasteiger partial charge in [-0.3, -0.25) is 19.6 Å². The molecule has 3 fully saturated rings. The fourth-order valence-corrected chi connectivity index (χ4v) is 5.38. The average Bonchev–Trinajstić information content (AvgIpc) is 3.21. The molecule has 9 nitrogen and oxygen atoms in total. The predicted octanol–water partition coefficient (Wildman–Crippen LogP) is 1.60. The van der Waals surface area contributed by atoms with Crippen molar-refractivity contribution in [2.75, 3.05) is 39.3 Å². The van der Waals surface area contributed by atoms with Crippen LogP contribution in [0.4, 0.5) is 4.79 Å². The highest BCUT2D eigenvalue weighted by atomic mass is 16.2. The number of nitrogens with zero attached hydrogens (tertiary/aromatic N) is 4. The van der Waals surface area contributed by atoms with Gasteiger partial charge in [-0.1, -0.05) is 6.92 Å². The van der Waals surface area contributed by atoms with Crippen LogP contribution in [0.2, 0.25) is 0 Å². The van der Waals surface area contributed by atoms with Crippen LogP contribution >= 0.6 is 0 Å². The maximum atomic E-state index is 13.2. The minimum Gasteiger partial charge on any atom is -0.342 e. The van der Waals surface area contributed by atoms with Crippen LogP contribution in [0.25, 0.3) is 0 Å². The minimum atomic E-state index is -0.710. The Labute approximate surface area is 189 Å². The largest absolute Gasteiger partial charge is 0.342 e. The molecule has 1 aromatic heterocycles. The Morgan fingerprint density at radius 3 is 2.41 bits per heavy atom. The third kappa shape index (κ3) is 4.40. The number of aromatic nitrogens is 2. The first-order valence-electron chi connectivity index (χ1n) is 12.0. The van der Waals surface area contributed by atoms with Gasteiger partial charge >= 0.3 is 6.03 Å². The van der Waals surface area contributed by atoms with Crippen LogP contribution in [0.5, 0.6) is 0 Å². The van der Waals surface area contributed by atoms with E-state index >= 15 is 0 Å². The first kappa shape index (κ1) is 22.8. The van der Waals surface area contributed by atoms with Crippen LogP contribution in [0.1, 0.15) is 56.0 Å². The first-order chi connectivity index (χ1) is 15.3. The zero-order valence-corrected chi connectivity index (χ0v) is 19.6. The molecule has 176 valence electrons. The van der Waals surface area contributed by atoms with E-state index in [2.05, 4.69) is 27.3 Å². The fourth-order valence-electron chi connectivity index (χ4n) is 5.38. The SMILES string of the molecule is CCCN1CCC2(CC1)NC(=O)N(CC1CCN(C(=O)Cc3c(C)n[nH]c3C)CC1)C2=O. The zero-order chi connectivity index (χ0) is 22.9. The monoisotopic (exact) mass is 444 g/mol. The molecule has 4 heterocycles. The molecule has 3 saturated heterocycles. The van der Waals surface area contributed by atoms with E-state index in [1.807, 2.05) is 18.7 Å². The van der Waals surface area contributed by atoms with Gasteiger partial charge in [-0.15, -0.1) is 0 Å². The van der Waals surface area contributed by atoms with Gasteiger partial charge in [0.05, 0.1) is 12.1 Å². The number of rotatable bonds is 6. The third-order valence-corrected chi connectivity index (χ3v) is 7.51. The predicted molar refractivity (Wildman–Crippen MR) is 120 cm³/mol. The highest BCUT2D eigenvalue weighted by Gasteiger charge is 2.52. The van der Waals surface area contributed by atoms with E-state index in [0.717, 1.165) is 55.8 Å². The van der Waals surface area contributed by atoms with Crippen molar-refractivity contribution in [3.8, 4) is 0 Å². The number of nitrogens with one attached hydrogen (secondary N) is 2. The molecule has 0 unspecified atom stereocenters. The Kier molecular flexibility index (Phi) is 6.55. The van der Waals surface area contributed by atoms with Crippen molar-refractivity contribution in [2.45, 2.75) is 64.8 Å². The van der Waals surface area contributed by atoms with E-state index in [9.17, 15) is 14.4 Å². The zero-order valence-electron chi connectivity index (χ0n) is 19.6. The summed E-state index contributed by atoms with van der Waals surface area (Å²) in [6.45, 7) is 10.5. The van der Waals surface area contributed by atoms with Gasteiger partial charge in [-0.05, 0) is 58.4 Å². The summed E-state index contributed by atoms with van der Waals surface area (Å²) in [5.41, 5.74) is 2.09. The van der Waals surface area contributed by atoms with E-state index in [1.165, 1.54) is 4.90 Å². The highest BCUT2D eigenvalue weighted by molar-refractivity contribution is 6.07. The molecular formula is C23H36N6O3. The van der Waals surface area contributed by atoms with E-state index in [-0.39, 0.29) is 23.8 Å². The number of carbonyl (C=O) groups excluding carboxylic acids is 3. The van der Waals surface area contributed by atoms with Crippen LogP contribution in [0, 0.1) is 19.8 Å². The number of aryl methyl sites for hydroxylation is 2. The van der Waals surface area contributed by atoms with Crippen LogP contribution < -0.4 is 5.32 Å². The molecule has 1 spiro atoms. The molecule has 4 rings (SSSR count). The molecular weight excluding hydrogens is 408 g/mol. The first-order valence-corrected chi connectivity index (χ1v) is 12.0. The number of amides is 4. The number of urea groups is 1. The molecule has 2 N–H and O–H groups in total. The van der Waals surface area contributed by atoms with E-state index in [1.54, 1.807) is 0 Å². The minimum absolute atomic E-state index is 0.0527. The molecule has 3 aliphatic rings. The summed E-state index contributed by atoms with van der Waals surface area (Å²) in [6.07, 6.45) is 4.46. The smallest absolute Gasteiger partial charge is 0.325 e. The average molecular weight is 445 g/mol. The number of aromatic amines is 1. The number of hydrogen-bond acceptors (Lipinski definition) is 5. The van der Waals surface area contributed by atoms with Crippen molar-refractivity contribution < 1.29 is 14.4 Å². The summed E-state index contributed by atoms with van der Waals surface area (Å²) in [4.78, 5) is 44.3. The number of imide groups is 1. The molecule has 32 heavy (non-hydrogen) atoms. The van der Waals surface area contributed by atoms with Crippen molar-refractivity contribution in [1.82, 2.24) is 30.2 Å². The van der Waals surface area contributed by atoms with E-state index in [0.29, 0.717) is 38.9 Å². The van der Waals surface area contributed by atoms with Crippen LogP contribution in [-0.2, 0) is 16.0 Å². The Bertz CT molecular complexity index is 846. The number of likely N-dealkylation sites (tertiary alicyclic amines) is 2. The number of hydrogen-bond donors (Lipinski definition) is 2. The number of carbonyl (C=O) groups is 3. The second kappa shape index (κ2) is 9.21.